The third kappa shape index (κ3) is 3.99. The van der Waals surface area contributed by atoms with Gasteiger partial charge in [-0.05, 0) is 42.8 Å². The number of carbonyl (C=O) groups is 1. The Morgan fingerprint density at radius 3 is 2.80 bits per heavy atom. The number of carbonyl (C=O) groups excluding carboxylic acids is 1. The maximum absolute atomic E-state index is 11.6. The molecule has 0 bridgehead atoms. The molecule has 0 amide bonds. The van der Waals surface area contributed by atoms with E-state index in [1.165, 1.54) is 0 Å². The zero-order valence-corrected chi connectivity index (χ0v) is 15.4. The highest BCUT2D eigenvalue weighted by molar-refractivity contribution is 9.10. The van der Waals surface area contributed by atoms with Gasteiger partial charge in [0.05, 0.1) is 23.8 Å². The van der Waals surface area contributed by atoms with Gasteiger partial charge in [0.1, 0.15) is 5.75 Å². The van der Waals surface area contributed by atoms with Gasteiger partial charge in [0, 0.05) is 21.0 Å². The van der Waals surface area contributed by atoms with Crippen molar-refractivity contribution in [3.63, 3.8) is 0 Å². The van der Waals surface area contributed by atoms with Crippen molar-refractivity contribution in [2.24, 2.45) is 0 Å². The minimum Gasteiger partial charge on any atom is -0.545 e. The Hall–Kier alpha value is -2.40. The number of hydrogen-bond donors (Lipinski definition) is 0. The number of carboxylic acid groups (broad SMARTS) is 1. The Bertz CT molecular complexity index is 924. The zero-order valence-electron chi connectivity index (χ0n) is 13.8. The quantitative estimate of drug-likeness (QED) is 0.583. The number of ether oxygens (including phenoxy) is 1. The van der Waals surface area contributed by atoms with E-state index in [0.29, 0.717) is 23.2 Å². The van der Waals surface area contributed by atoms with Gasteiger partial charge in [-0.3, -0.25) is 0 Å². The predicted molar refractivity (Wildman–Crippen MR) is 99.6 cm³/mol. The number of hydrogen-bond acceptors (Lipinski definition) is 4. The Morgan fingerprint density at radius 2 is 2.04 bits per heavy atom. The van der Waals surface area contributed by atoms with Crippen LogP contribution >= 0.6 is 15.9 Å². The fourth-order valence-electron chi connectivity index (χ4n) is 2.59. The molecule has 128 valence electrons. The Labute approximate surface area is 154 Å². The number of benzene rings is 2. The van der Waals surface area contributed by atoms with E-state index < -0.39 is 5.97 Å². The smallest absolute Gasteiger partial charge is 0.119 e. The van der Waals surface area contributed by atoms with Crippen LogP contribution in [0.4, 0.5) is 0 Å². The van der Waals surface area contributed by atoms with Gasteiger partial charge in [0.2, 0.25) is 0 Å². The molecule has 4 nitrogen and oxygen atoms in total. The lowest BCUT2D eigenvalue weighted by Crippen LogP contribution is -2.22. The molecule has 0 atom stereocenters. The third-order valence-electron chi connectivity index (χ3n) is 3.89. The minimum absolute atomic E-state index is 0.124. The second-order valence-electron chi connectivity index (χ2n) is 5.73. The van der Waals surface area contributed by atoms with E-state index in [-0.39, 0.29) is 5.56 Å². The van der Waals surface area contributed by atoms with E-state index in [4.69, 9.17) is 4.74 Å². The van der Waals surface area contributed by atoms with E-state index in [1.54, 1.807) is 18.2 Å². The molecule has 0 saturated heterocycles. The number of aromatic nitrogens is 1. The second kappa shape index (κ2) is 7.66. The van der Waals surface area contributed by atoms with Gasteiger partial charge < -0.3 is 14.6 Å². The van der Waals surface area contributed by atoms with E-state index in [0.717, 1.165) is 28.6 Å². The summed E-state index contributed by atoms with van der Waals surface area (Å²) in [7, 11) is 0. The van der Waals surface area contributed by atoms with Crippen LogP contribution in [0.3, 0.4) is 0 Å². The summed E-state index contributed by atoms with van der Waals surface area (Å²) in [5.74, 6) is -0.472. The summed E-state index contributed by atoms with van der Waals surface area (Å²) in [5, 5.41) is 12.1. The van der Waals surface area contributed by atoms with Gasteiger partial charge in [0.25, 0.3) is 0 Å². The van der Waals surface area contributed by atoms with Crippen molar-refractivity contribution in [1.29, 1.82) is 0 Å². The highest BCUT2D eigenvalue weighted by atomic mass is 79.9. The SMILES string of the molecule is CCCCOc1cccc(-c2cc(C(=O)[O-])c3cc(Br)ccc3n2)c1. The Balaban J connectivity index is 2.05. The number of halogens is 1. The topological polar surface area (TPSA) is 62.2 Å². The van der Waals surface area contributed by atoms with Crippen LogP contribution in [-0.2, 0) is 0 Å². The molecule has 0 aliphatic heterocycles. The largest absolute Gasteiger partial charge is 0.545 e. The molecule has 0 spiro atoms. The first-order valence-electron chi connectivity index (χ1n) is 8.13. The minimum atomic E-state index is -1.22. The Morgan fingerprint density at radius 1 is 1.20 bits per heavy atom. The molecule has 0 unspecified atom stereocenters. The number of fused-ring (bicyclic) bond motifs is 1. The summed E-state index contributed by atoms with van der Waals surface area (Å²) < 4.78 is 6.52. The first kappa shape index (κ1) is 17.4. The lowest BCUT2D eigenvalue weighted by molar-refractivity contribution is -0.254. The number of aromatic carboxylic acids is 1. The van der Waals surface area contributed by atoms with Gasteiger partial charge in [0.15, 0.2) is 0 Å². The predicted octanol–water partition coefficient (Wildman–Crippen LogP) is 4.21. The molecule has 1 heterocycles. The van der Waals surface area contributed by atoms with Crippen molar-refractivity contribution in [2.75, 3.05) is 6.61 Å². The monoisotopic (exact) mass is 398 g/mol. The summed E-state index contributed by atoms with van der Waals surface area (Å²) in [4.78, 5) is 16.2. The van der Waals surface area contributed by atoms with E-state index in [2.05, 4.69) is 27.8 Å². The molecule has 5 heteroatoms. The summed E-state index contributed by atoms with van der Waals surface area (Å²) in [6.07, 6.45) is 2.05. The van der Waals surface area contributed by atoms with Crippen LogP contribution in [0.15, 0.2) is 53.0 Å². The van der Waals surface area contributed by atoms with Crippen LogP contribution in [0.1, 0.15) is 30.1 Å². The summed E-state index contributed by atoms with van der Waals surface area (Å²) in [6.45, 7) is 2.77. The second-order valence-corrected chi connectivity index (χ2v) is 6.65. The van der Waals surface area contributed by atoms with Crippen molar-refractivity contribution in [3.8, 4) is 17.0 Å². The fraction of sp³-hybridized carbons (Fsp3) is 0.200. The molecule has 25 heavy (non-hydrogen) atoms. The molecular formula is C20H17BrNO3-. The molecule has 2 aromatic carbocycles. The molecule has 3 rings (SSSR count). The highest BCUT2D eigenvalue weighted by Crippen LogP contribution is 2.28. The van der Waals surface area contributed by atoms with Crippen LogP contribution in [-0.4, -0.2) is 17.6 Å². The molecule has 3 aromatic rings. The number of rotatable bonds is 6. The number of carboxylic acids is 1. The van der Waals surface area contributed by atoms with Crippen LogP contribution in [0.2, 0.25) is 0 Å². The van der Waals surface area contributed by atoms with Gasteiger partial charge in [-0.25, -0.2) is 4.98 Å². The number of pyridine rings is 1. The molecule has 0 aliphatic carbocycles. The van der Waals surface area contributed by atoms with Gasteiger partial charge >= 0.3 is 0 Å². The summed E-state index contributed by atoms with van der Waals surface area (Å²) >= 11 is 3.36. The normalized spacial score (nSPS) is 10.8. The average molecular weight is 399 g/mol. The van der Waals surface area contributed by atoms with E-state index >= 15 is 0 Å². The van der Waals surface area contributed by atoms with E-state index in [1.807, 2.05) is 30.3 Å². The van der Waals surface area contributed by atoms with Crippen LogP contribution in [0.25, 0.3) is 22.2 Å². The van der Waals surface area contributed by atoms with Gasteiger partial charge in [-0.2, -0.15) is 0 Å². The molecule has 0 radical (unpaired) electrons. The number of nitrogens with zero attached hydrogens (tertiary/aromatic N) is 1. The van der Waals surface area contributed by atoms with Crippen molar-refractivity contribution in [1.82, 2.24) is 4.98 Å². The van der Waals surface area contributed by atoms with Crippen molar-refractivity contribution < 1.29 is 14.6 Å². The van der Waals surface area contributed by atoms with Crippen molar-refractivity contribution >= 4 is 32.8 Å². The summed E-state index contributed by atoms with van der Waals surface area (Å²) in [5.41, 5.74) is 2.12. The average Bonchev–Trinajstić information content (AvgIpc) is 2.61. The summed E-state index contributed by atoms with van der Waals surface area (Å²) in [6, 6.07) is 14.4. The fourth-order valence-corrected chi connectivity index (χ4v) is 2.96. The lowest BCUT2D eigenvalue weighted by atomic mass is 10.0. The molecular weight excluding hydrogens is 382 g/mol. The highest BCUT2D eigenvalue weighted by Gasteiger charge is 2.10. The zero-order chi connectivity index (χ0) is 17.8. The van der Waals surface area contributed by atoms with Crippen molar-refractivity contribution in [2.45, 2.75) is 19.8 Å². The first-order chi connectivity index (χ1) is 12.1. The third-order valence-corrected chi connectivity index (χ3v) is 4.38. The van der Waals surface area contributed by atoms with Crippen molar-refractivity contribution in [3.05, 3.63) is 58.6 Å². The molecule has 0 saturated carbocycles. The van der Waals surface area contributed by atoms with Crippen LogP contribution in [0, 0.1) is 0 Å². The molecule has 0 aliphatic rings. The molecule has 0 N–H and O–H groups in total. The molecule has 1 aromatic heterocycles. The maximum atomic E-state index is 11.6. The van der Waals surface area contributed by atoms with Gasteiger partial charge in [-0.1, -0.05) is 41.4 Å². The van der Waals surface area contributed by atoms with Crippen LogP contribution in [0.5, 0.6) is 5.75 Å². The van der Waals surface area contributed by atoms with Gasteiger partial charge in [-0.15, -0.1) is 0 Å². The maximum Gasteiger partial charge on any atom is 0.119 e. The first-order valence-corrected chi connectivity index (χ1v) is 8.92. The number of unbranched alkanes of at least 4 members (excludes halogenated alkanes) is 1. The van der Waals surface area contributed by atoms with E-state index in [9.17, 15) is 9.90 Å². The lowest BCUT2D eigenvalue weighted by Gasteiger charge is -2.12. The Kier molecular flexibility index (Phi) is 5.34. The standard InChI is InChI=1S/C20H18BrNO3/c1-2-3-9-25-15-6-4-5-13(10-15)19-12-17(20(23)24)16-11-14(21)7-8-18(16)22-19/h4-8,10-12H,2-3,9H2,1H3,(H,23,24)/p-1. The van der Waals surface area contributed by atoms with Crippen LogP contribution < -0.4 is 9.84 Å². The molecule has 0 fully saturated rings.